The van der Waals surface area contributed by atoms with Crippen molar-refractivity contribution in [2.45, 2.75) is 19.6 Å². The molecule has 1 saturated heterocycles. The first kappa shape index (κ1) is 10.7. The van der Waals surface area contributed by atoms with Gasteiger partial charge in [-0.25, -0.2) is 0 Å². The van der Waals surface area contributed by atoms with Crippen molar-refractivity contribution in [3.8, 4) is 0 Å². The summed E-state index contributed by atoms with van der Waals surface area (Å²) >= 11 is 0. The summed E-state index contributed by atoms with van der Waals surface area (Å²) in [6.07, 6.45) is 1.82. The lowest BCUT2D eigenvalue weighted by atomic mass is 9.88. The van der Waals surface area contributed by atoms with E-state index in [9.17, 15) is 5.11 Å². The zero-order valence-electron chi connectivity index (χ0n) is 8.32. The van der Waals surface area contributed by atoms with Gasteiger partial charge >= 0.3 is 0 Å². The van der Waals surface area contributed by atoms with E-state index in [4.69, 9.17) is 9.47 Å². The summed E-state index contributed by atoms with van der Waals surface area (Å²) in [5, 5.41) is 9.25. The van der Waals surface area contributed by atoms with Crippen LogP contribution < -0.4 is 0 Å². The van der Waals surface area contributed by atoms with Crippen LogP contribution in [0.4, 0.5) is 0 Å². The molecule has 1 rings (SSSR count). The summed E-state index contributed by atoms with van der Waals surface area (Å²) in [5.74, 6) is -0.483. The molecule has 76 valence electrons. The predicted octanol–water partition coefficient (Wildman–Crippen LogP) is 1.18. The van der Waals surface area contributed by atoms with Crippen LogP contribution in [0, 0.1) is 11.8 Å². The highest BCUT2D eigenvalue weighted by atomic mass is 16.7. The van der Waals surface area contributed by atoms with Gasteiger partial charge in [-0.15, -0.1) is 6.58 Å². The van der Waals surface area contributed by atoms with E-state index in [0.717, 1.165) is 0 Å². The van der Waals surface area contributed by atoms with Crippen LogP contribution in [0.5, 0.6) is 0 Å². The van der Waals surface area contributed by atoms with Crippen LogP contribution in [-0.4, -0.2) is 30.7 Å². The van der Waals surface area contributed by atoms with E-state index in [1.54, 1.807) is 0 Å². The molecule has 0 bridgehead atoms. The molecule has 0 aromatic carbocycles. The quantitative estimate of drug-likeness (QED) is 0.670. The molecule has 0 aromatic heterocycles. The van der Waals surface area contributed by atoms with E-state index >= 15 is 0 Å². The predicted molar refractivity (Wildman–Crippen MR) is 50.2 cm³/mol. The summed E-state index contributed by atoms with van der Waals surface area (Å²) in [5.41, 5.74) is 0. The Morgan fingerprint density at radius 3 is 2.46 bits per heavy atom. The Morgan fingerprint density at radius 1 is 1.54 bits per heavy atom. The standard InChI is InChI=1S/C10H18O3/c1-4-8(2)9(7-11)10(3)12-5-6-13-10/h4,8-9,11H,1,5-7H2,2-3H3/t8-,9+/m0/s1. The van der Waals surface area contributed by atoms with Crippen molar-refractivity contribution in [3.05, 3.63) is 12.7 Å². The lowest BCUT2D eigenvalue weighted by molar-refractivity contribution is -0.197. The molecule has 13 heavy (non-hydrogen) atoms. The van der Waals surface area contributed by atoms with E-state index in [2.05, 4.69) is 6.58 Å². The molecule has 2 atom stereocenters. The van der Waals surface area contributed by atoms with Crippen LogP contribution in [0.3, 0.4) is 0 Å². The zero-order chi connectivity index (χ0) is 9.90. The molecule has 0 aromatic rings. The third-order valence-electron chi connectivity index (χ3n) is 2.74. The van der Waals surface area contributed by atoms with Gasteiger partial charge in [0.1, 0.15) is 0 Å². The van der Waals surface area contributed by atoms with Gasteiger partial charge in [0.05, 0.1) is 19.8 Å². The number of rotatable bonds is 4. The average molecular weight is 186 g/mol. The first-order valence-corrected chi connectivity index (χ1v) is 4.65. The molecule has 0 spiro atoms. The van der Waals surface area contributed by atoms with Crippen molar-refractivity contribution in [2.24, 2.45) is 11.8 Å². The van der Waals surface area contributed by atoms with Gasteiger partial charge in [0.15, 0.2) is 5.79 Å². The number of aliphatic hydroxyl groups excluding tert-OH is 1. The van der Waals surface area contributed by atoms with Gasteiger partial charge in [0, 0.05) is 5.92 Å². The maximum atomic E-state index is 9.25. The minimum Gasteiger partial charge on any atom is -0.396 e. The largest absolute Gasteiger partial charge is 0.396 e. The highest BCUT2D eigenvalue weighted by Crippen LogP contribution is 2.32. The Kier molecular flexibility index (Phi) is 3.47. The van der Waals surface area contributed by atoms with E-state index < -0.39 is 5.79 Å². The minimum absolute atomic E-state index is 0.0347. The second kappa shape index (κ2) is 4.22. The average Bonchev–Trinajstić information content (AvgIpc) is 2.53. The van der Waals surface area contributed by atoms with Crippen molar-refractivity contribution >= 4 is 0 Å². The summed E-state index contributed by atoms with van der Waals surface area (Å²) in [6.45, 7) is 8.86. The molecule has 0 unspecified atom stereocenters. The SMILES string of the molecule is C=C[C@H](C)[C@@H](CO)C1(C)OCCO1. The van der Waals surface area contributed by atoms with E-state index in [-0.39, 0.29) is 18.4 Å². The van der Waals surface area contributed by atoms with Crippen LogP contribution in [0.15, 0.2) is 12.7 Å². The van der Waals surface area contributed by atoms with Crippen LogP contribution in [0.1, 0.15) is 13.8 Å². The topological polar surface area (TPSA) is 38.7 Å². The maximum absolute atomic E-state index is 9.25. The third-order valence-corrected chi connectivity index (χ3v) is 2.74. The number of aliphatic hydroxyl groups is 1. The first-order valence-electron chi connectivity index (χ1n) is 4.65. The van der Waals surface area contributed by atoms with Crippen molar-refractivity contribution in [1.82, 2.24) is 0 Å². The van der Waals surface area contributed by atoms with E-state index in [0.29, 0.717) is 13.2 Å². The Hall–Kier alpha value is -0.380. The molecular weight excluding hydrogens is 168 g/mol. The fourth-order valence-electron chi connectivity index (χ4n) is 1.72. The summed E-state index contributed by atoms with van der Waals surface area (Å²) in [7, 11) is 0. The van der Waals surface area contributed by atoms with Crippen LogP contribution in [0.2, 0.25) is 0 Å². The number of allylic oxidation sites excluding steroid dienone is 1. The van der Waals surface area contributed by atoms with Crippen molar-refractivity contribution in [2.75, 3.05) is 19.8 Å². The molecule has 3 nitrogen and oxygen atoms in total. The number of hydrogen-bond donors (Lipinski definition) is 1. The Morgan fingerprint density at radius 2 is 2.08 bits per heavy atom. The Balaban J connectivity index is 2.68. The van der Waals surface area contributed by atoms with Gasteiger partial charge in [-0.05, 0) is 12.8 Å². The molecule has 1 aliphatic heterocycles. The van der Waals surface area contributed by atoms with Crippen LogP contribution >= 0.6 is 0 Å². The Labute approximate surface area is 79.3 Å². The monoisotopic (exact) mass is 186 g/mol. The second-order valence-electron chi connectivity index (χ2n) is 3.60. The lowest BCUT2D eigenvalue weighted by Crippen LogP contribution is -2.41. The molecule has 1 fully saturated rings. The first-order chi connectivity index (χ1) is 6.14. The summed E-state index contributed by atoms with van der Waals surface area (Å²) in [6, 6.07) is 0. The highest BCUT2D eigenvalue weighted by molar-refractivity contribution is 4.89. The molecule has 1 N–H and O–H groups in total. The van der Waals surface area contributed by atoms with Gasteiger partial charge in [-0.3, -0.25) is 0 Å². The normalized spacial score (nSPS) is 25.5. The fourth-order valence-corrected chi connectivity index (χ4v) is 1.72. The Bertz CT molecular complexity index is 173. The summed E-state index contributed by atoms with van der Waals surface area (Å²) in [4.78, 5) is 0. The molecule has 0 aliphatic carbocycles. The second-order valence-corrected chi connectivity index (χ2v) is 3.60. The molecule has 3 heteroatoms. The maximum Gasteiger partial charge on any atom is 0.171 e. The van der Waals surface area contributed by atoms with Gasteiger partial charge in [0.2, 0.25) is 0 Å². The smallest absolute Gasteiger partial charge is 0.171 e. The minimum atomic E-state index is -0.637. The van der Waals surface area contributed by atoms with Gasteiger partial charge in [-0.1, -0.05) is 13.0 Å². The van der Waals surface area contributed by atoms with Gasteiger partial charge < -0.3 is 14.6 Å². The van der Waals surface area contributed by atoms with E-state index in [1.807, 2.05) is 19.9 Å². The van der Waals surface area contributed by atoms with Gasteiger partial charge in [0.25, 0.3) is 0 Å². The fraction of sp³-hybridized carbons (Fsp3) is 0.800. The van der Waals surface area contributed by atoms with Gasteiger partial charge in [-0.2, -0.15) is 0 Å². The van der Waals surface area contributed by atoms with Crippen molar-refractivity contribution < 1.29 is 14.6 Å². The highest BCUT2D eigenvalue weighted by Gasteiger charge is 2.41. The third kappa shape index (κ3) is 2.10. The lowest BCUT2D eigenvalue weighted by Gasteiger charge is -2.33. The molecule has 0 radical (unpaired) electrons. The molecule has 1 heterocycles. The molecule has 0 amide bonds. The zero-order valence-corrected chi connectivity index (χ0v) is 8.32. The number of hydrogen-bond acceptors (Lipinski definition) is 3. The molecule has 1 aliphatic rings. The summed E-state index contributed by atoms with van der Waals surface area (Å²) < 4.78 is 11.0. The number of ether oxygens (including phenoxy) is 2. The van der Waals surface area contributed by atoms with Crippen LogP contribution in [0.25, 0.3) is 0 Å². The molecule has 0 saturated carbocycles. The van der Waals surface area contributed by atoms with Crippen molar-refractivity contribution in [1.29, 1.82) is 0 Å². The van der Waals surface area contributed by atoms with Crippen molar-refractivity contribution in [3.63, 3.8) is 0 Å². The molecular formula is C10H18O3. The van der Waals surface area contributed by atoms with Crippen LogP contribution in [-0.2, 0) is 9.47 Å². The van der Waals surface area contributed by atoms with E-state index in [1.165, 1.54) is 0 Å².